The zero-order chi connectivity index (χ0) is 21.5. The Kier molecular flexibility index (Phi) is 7.57. The Morgan fingerprint density at radius 2 is 1.77 bits per heavy atom. The Hall–Kier alpha value is -2.73. The molecule has 3 rings (SSSR count). The molecular formula is C24H32N2O4. The molecule has 1 atom stereocenters. The number of amides is 1. The van der Waals surface area contributed by atoms with E-state index in [0.717, 1.165) is 37.9 Å². The van der Waals surface area contributed by atoms with Gasteiger partial charge in [0.1, 0.15) is 5.75 Å². The molecule has 1 heterocycles. The highest BCUT2D eigenvalue weighted by molar-refractivity contribution is 5.81. The monoisotopic (exact) mass is 412 g/mol. The minimum Gasteiger partial charge on any atom is -0.508 e. The smallest absolute Gasteiger partial charge is 0.237 e. The summed E-state index contributed by atoms with van der Waals surface area (Å²) in [5.41, 5.74) is 2.36. The fourth-order valence-electron chi connectivity index (χ4n) is 4.05. The van der Waals surface area contributed by atoms with Crippen molar-refractivity contribution in [2.24, 2.45) is 0 Å². The summed E-state index contributed by atoms with van der Waals surface area (Å²) in [7, 11) is 3.24. The van der Waals surface area contributed by atoms with Crippen LogP contribution in [0.25, 0.3) is 0 Å². The van der Waals surface area contributed by atoms with Crippen molar-refractivity contribution in [2.75, 3.05) is 33.9 Å². The topological polar surface area (TPSA) is 71.0 Å². The number of benzene rings is 2. The molecule has 1 aliphatic rings. The Bertz CT molecular complexity index is 830. The van der Waals surface area contributed by atoms with Gasteiger partial charge in [-0.2, -0.15) is 0 Å². The first-order valence-electron chi connectivity index (χ1n) is 10.5. The number of piperidine rings is 1. The summed E-state index contributed by atoms with van der Waals surface area (Å²) in [4.78, 5) is 14.9. The highest BCUT2D eigenvalue weighted by atomic mass is 16.5. The van der Waals surface area contributed by atoms with Crippen molar-refractivity contribution in [1.82, 2.24) is 10.2 Å². The summed E-state index contributed by atoms with van der Waals surface area (Å²) in [6.07, 6.45) is 2.78. The van der Waals surface area contributed by atoms with Crippen LogP contribution < -0.4 is 14.8 Å². The third-order valence-corrected chi connectivity index (χ3v) is 5.98. The number of hydrogen-bond donors (Lipinski definition) is 2. The summed E-state index contributed by atoms with van der Waals surface area (Å²) in [5.74, 6) is 2.26. The third-order valence-electron chi connectivity index (χ3n) is 5.98. The Balaban J connectivity index is 1.44. The maximum absolute atomic E-state index is 12.6. The van der Waals surface area contributed by atoms with Crippen molar-refractivity contribution in [3.8, 4) is 17.2 Å². The maximum atomic E-state index is 12.6. The lowest BCUT2D eigenvalue weighted by Gasteiger charge is -2.35. The Morgan fingerprint density at radius 3 is 2.40 bits per heavy atom. The van der Waals surface area contributed by atoms with E-state index < -0.39 is 0 Å². The van der Waals surface area contributed by atoms with Gasteiger partial charge in [-0.25, -0.2) is 0 Å². The molecule has 0 saturated carbocycles. The van der Waals surface area contributed by atoms with Gasteiger partial charge in [-0.3, -0.25) is 9.69 Å². The number of ether oxygens (including phenoxy) is 2. The van der Waals surface area contributed by atoms with Crippen LogP contribution in [-0.4, -0.2) is 55.8 Å². The van der Waals surface area contributed by atoms with Crippen LogP contribution in [0.15, 0.2) is 42.5 Å². The number of nitrogens with zero attached hydrogens (tertiary/aromatic N) is 1. The van der Waals surface area contributed by atoms with Crippen LogP contribution in [0.2, 0.25) is 0 Å². The van der Waals surface area contributed by atoms with E-state index in [9.17, 15) is 9.90 Å². The molecule has 1 unspecified atom stereocenters. The van der Waals surface area contributed by atoms with Crippen LogP contribution in [0.5, 0.6) is 17.2 Å². The molecule has 2 aromatic carbocycles. The second-order valence-electron chi connectivity index (χ2n) is 7.81. The lowest BCUT2D eigenvalue weighted by Crippen LogP contribution is -2.48. The minimum absolute atomic E-state index is 0.0681. The molecule has 162 valence electrons. The predicted molar refractivity (Wildman–Crippen MR) is 117 cm³/mol. The number of carbonyl (C=O) groups excluding carboxylic acids is 1. The van der Waals surface area contributed by atoms with Gasteiger partial charge >= 0.3 is 0 Å². The highest BCUT2D eigenvalue weighted by Crippen LogP contribution is 2.30. The van der Waals surface area contributed by atoms with Gasteiger partial charge in [-0.1, -0.05) is 18.2 Å². The van der Waals surface area contributed by atoms with Gasteiger partial charge in [-0.05, 0) is 80.6 Å². The van der Waals surface area contributed by atoms with E-state index in [0.29, 0.717) is 29.7 Å². The summed E-state index contributed by atoms with van der Waals surface area (Å²) >= 11 is 0. The van der Waals surface area contributed by atoms with Gasteiger partial charge in [0, 0.05) is 6.54 Å². The van der Waals surface area contributed by atoms with Crippen LogP contribution in [0, 0.1) is 0 Å². The van der Waals surface area contributed by atoms with E-state index in [-0.39, 0.29) is 11.9 Å². The average molecular weight is 413 g/mol. The summed E-state index contributed by atoms with van der Waals surface area (Å²) in [6, 6.07) is 13.2. The van der Waals surface area contributed by atoms with E-state index in [1.807, 2.05) is 37.3 Å². The Labute approximate surface area is 178 Å². The van der Waals surface area contributed by atoms with Crippen LogP contribution >= 0.6 is 0 Å². The number of phenolic OH excluding ortho intramolecular Hbond substituents is 1. The second kappa shape index (κ2) is 10.3. The van der Waals surface area contributed by atoms with Gasteiger partial charge in [0.25, 0.3) is 0 Å². The first-order chi connectivity index (χ1) is 14.5. The molecule has 1 saturated heterocycles. The van der Waals surface area contributed by atoms with Crippen LogP contribution in [0.4, 0.5) is 0 Å². The Morgan fingerprint density at radius 1 is 1.10 bits per heavy atom. The molecule has 1 fully saturated rings. The van der Waals surface area contributed by atoms with Crippen molar-refractivity contribution in [2.45, 2.75) is 38.1 Å². The molecule has 0 spiro atoms. The van der Waals surface area contributed by atoms with E-state index in [4.69, 9.17) is 9.47 Å². The number of methoxy groups -OCH3 is 2. The van der Waals surface area contributed by atoms with Crippen molar-refractivity contribution >= 4 is 5.91 Å². The normalized spacial score (nSPS) is 16.1. The molecule has 2 aromatic rings. The van der Waals surface area contributed by atoms with E-state index in [1.54, 1.807) is 26.4 Å². The largest absolute Gasteiger partial charge is 0.508 e. The number of phenols is 1. The van der Waals surface area contributed by atoms with E-state index in [2.05, 4.69) is 10.2 Å². The van der Waals surface area contributed by atoms with Gasteiger partial charge in [0.2, 0.25) is 5.91 Å². The summed E-state index contributed by atoms with van der Waals surface area (Å²) < 4.78 is 10.6. The van der Waals surface area contributed by atoms with Crippen molar-refractivity contribution in [1.29, 1.82) is 0 Å². The molecule has 1 aliphatic heterocycles. The molecule has 1 amide bonds. The highest BCUT2D eigenvalue weighted by Gasteiger charge is 2.27. The second-order valence-corrected chi connectivity index (χ2v) is 7.81. The third kappa shape index (κ3) is 5.45. The molecule has 0 radical (unpaired) electrons. The molecule has 2 N–H and O–H groups in total. The SMILES string of the molecule is COc1ccc(CCNC(=O)C(C)N2CCC(c3ccc(O)cc3)CC2)cc1OC. The lowest BCUT2D eigenvalue weighted by molar-refractivity contribution is -0.126. The van der Waals surface area contributed by atoms with Crippen molar-refractivity contribution < 1.29 is 19.4 Å². The molecular weight excluding hydrogens is 380 g/mol. The maximum Gasteiger partial charge on any atom is 0.237 e. The van der Waals surface area contributed by atoms with E-state index in [1.165, 1.54) is 5.56 Å². The number of rotatable bonds is 8. The summed E-state index contributed by atoms with van der Waals surface area (Å²) in [6.45, 7) is 4.36. The van der Waals surface area contributed by atoms with Crippen molar-refractivity contribution in [3.63, 3.8) is 0 Å². The minimum atomic E-state index is -0.142. The van der Waals surface area contributed by atoms with Crippen LogP contribution in [-0.2, 0) is 11.2 Å². The van der Waals surface area contributed by atoms with Crippen LogP contribution in [0.3, 0.4) is 0 Å². The molecule has 6 heteroatoms. The predicted octanol–water partition coefficient (Wildman–Crippen LogP) is 3.34. The van der Waals surface area contributed by atoms with Crippen LogP contribution in [0.1, 0.15) is 36.8 Å². The molecule has 0 aromatic heterocycles. The van der Waals surface area contributed by atoms with Gasteiger partial charge < -0.3 is 19.9 Å². The fourth-order valence-corrected chi connectivity index (χ4v) is 4.05. The number of aromatic hydroxyl groups is 1. The summed E-state index contributed by atoms with van der Waals surface area (Å²) in [5, 5.41) is 12.5. The van der Waals surface area contributed by atoms with Gasteiger partial charge in [0.15, 0.2) is 11.5 Å². The number of likely N-dealkylation sites (tertiary alicyclic amines) is 1. The standard InChI is InChI=1S/C24H32N2O4/c1-17(26-14-11-20(12-15-26)19-5-7-21(27)8-6-19)24(28)25-13-10-18-4-9-22(29-2)23(16-18)30-3/h4-9,16-17,20,27H,10-15H2,1-3H3,(H,25,28). The molecule has 30 heavy (non-hydrogen) atoms. The first kappa shape index (κ1) is 22.0. The number of nitrogens with one attached hydrogen (secondary N) is 1. The molecule has 0 aliphatic carbocycles. The first-order valence-corrected chi connectivity index (χ1v) is 10.5. The fraction of sp³-hybridized carbons (Fsp3) is 0.458. The van der Waals surface area contributed by atoms with E-state index >= 15 is 0 Å². The van der Waals surface area contributed by atoms with Gasteiger partial charge in [0.05, 0.1) is 20.3 Å². The van der Waals surface area contributed by atoms with Gasteiger partial charge in [-0.15, -0.1) is 0 Å². The molecule has 6 nitrogen and oxygen atoms in total. The lowest BCUT2D eigenvalue weighted by atomic mass is 9.89. The van der Waals surface area contributed by atoms with Crippen molar-refractivity contribution in [3.05, 3.63) is 53.6 Å². The average Bonchev–Trinajstić information content (AvgIpc) is 2.79. The molecule has 0 bridgehead atoms. The number of hydrogen-bond acceptors (Lipinski definition) is 5. The zero-order valence-electron chi connectivity index (χ0n) is 18.1. The quantitative estimate of drug-likeness (QED) is 0.696. The zero-order valence-corrected chi connectivity index (χ0v) is 18.1. The number of carbonyl (C=O) groups is 1.